The fourth-order valence-corrected chi connectivity index (χ4v) is 4.39. The second-order valence-corrected chi connectivity index (χ2v) is 9.71. The van der Waals surface area contributed by atoms with Gasteiger partial charge in [0.05, 0.1) is 19.8 Å². The summed E-state index contributed by atoms with van der Waals surface area (Å²) in [6.45, 7) is 3.07. The van der Waals surface area contributed by atoms with E-state index in [4.69, 9.17) is 28.1 Å². The van der Waals surface area contributed by atoms with Crippen molar-refractivity contribution >= 4 is 11.0 Å². The van der Waals surface area contributed by atoms with Crippen LogP contribution < -0.4 is 24.4 Å². The molecule has 4 atom stereocenters. The first-order valence-corrected chi connectivity index (χ1v) is 12.9. The monoisotopic (exact) mass is 566 g/mol. The van der Waals surface area contributed by atoms with Crippen molar-refractivity contribution in [2.24, 2.45) is 0 Å². The van der Waals surface area contributed by atoms with Gasteiger partial charge in [0.2, 0.25) is 6.29 Å². The van der Waals surface area contributed by atoms with Gasteiger partial charge in [0, 0.05) is 23.8 Å². The van der Waals surface area contributed by atoms with Crippen LogP contribution in [-0.4, -0.2) is 59.2 Å². The topological polar surface area (TPSA) is 157 Å². The molecule has 1 aliphatic rings. The summed E-state index contributed by atoms with van der Waals surface area (Å²) in [7, 11) is 1.46. The highest BCUT2D eigenvalue weighted by Gasteiger charge is 2.26. The molecule has 5 rings (SSSR count). The predicted octanol–water partition coefficient (Wildman–Crippen LogP) is 3.88. The molecule has 11 nitrogen and oxygen atoms in total. The van der Waals surface area contributed by atoms with Gasteiger partial charge in [-0.05, 0) is 49.7 Å². The number of aliphatic hydroxyl groups is 2. The Balaban J connectivity index is 1.47. The molecular weight excluding hydrogens is 536 g/mol. The van der Waals surface area contributed by atoms with Crippen LogP contribution in [0.15, 0.2) is 63.8 Å². The van der Waals surface area contributed by atoms with Crippen molar-refractivity contribution in [2.45, 2.75) is 38.4 Å². The summed E-state index contributed by atoms with van der Waals surface area (Å²) in [6, 6.07) is 13.8. The SMILES string of the molecule is COc1cc(C2COc3ccc(-c4cc(=O)c5c(OC(OCC(C)O)[C@H](C)O)cc(O)cc5o4)cc3O2)ccc1O. The average molecular weight is 567 g/mol. The number of aliphatic hydroxyl groups excluding tert-OH is 2. The number of aromatic hydroxyl groups is 2. The maximum absolute atomic E-state index is 13.3. The standard InChI is InChI=1S/C30H30O11/c1-15(31)13-38-30(16(2)32)41-27-11-19(33)10-26-29(27)21(35)12-23(39-26)17-5-7-22-25(9-17)40-28(14-37-22)18-4-6-20(34)24(8-18)36-3/h4-12,15-16,28,30-34H,13-14H2,1-3H3/t15?,16-,28?,30?/m0/s1. The predicted molar refractivity (Wildman–Crippen MR) is 147 cm³/mol. The summed E-state index contributed by atoms with van der Waals surface area (Å²) in [5, 5.41) is 39.9. The van der Waals surface area contributed by atoms with Crippen LogP contribution in [0.2, 0.25) is 0 Å². The van der Waals surface area contributed by atoms with Gasteiger partial charge in [0.25, 0.3) is 0 Å². The number of hydrogen-bond acceptors (Lipinski definition) is 11. The highest BCUT2D eigenvalue weighted by molar-refractivity contribution is 5.86. The Labute approximate surface area is 234 Å². The van der Waals surface area contributed by atoms with Crippen molar-refractivity contribution < 1.29 is 48.5 Å². The van der Waals surface area contributed by atoms with Crippen LogP contribution in [0.1, 0.15) is 25.5 Å². The van der Waals surface area contributed by atoms with Gasteiger partial charge in [0.15, 0.2) is 34.5 Å². The summed E-state index contributed by atoms with van der Waals surface area (Å²) in [4.78, 5) is 13.3. The minimum atomic E-state index is -1.21. The molecule has 0 radical (unpaired) electrons. The molecule has 11 heteroatoms. The number of methoxy groups -OCH3 is 1. The molecule has 0 spiro atoms. The minimum Gasteiger partial charge on any atom is -0.508 e. The number of phenols is 2. The van der Waals surface area contributed by atoms with Crippen molar-refractivity contribution in [3.63, 3.8) is 0 Å². The third-order valence-corrected chi connectivity index (χ3v) is 6.38. The molecule has 0 saturated carbocycles. The molecule has 4 N–H and O–H groups in total. The molecule has 4 aromatic rings. The first kappa shape index (κ1) is 28.1. The Morgan fingerprint density at radius 3 is 2.51 bits per heavy atom. The van der Waals surface area contributed by atoms with Crippen molar-refractivity contribution in [1.29, 1.82) is 0 Å². The van der Waals surface area contributed by atoms with E-state index in [1.54, 1.807) is 30.3 Å². The van der Waals surface area contributed by atoms with Gasteiger partial charge in [-0.3, -0.25) is 4.79 Å². The molecule has 3 aromatic carbocycles. The largest absolute Gasteiger partial charge is 0.508 e. The third kappa shape index (κ3) is 6.02. The van der Waals surface area contributed by atoms with E-state index in [2.05, 4.69) is 0 Å². The van der Waals surface area contributed by atoms with Crippen LogP contribution in [0.5, 0.6) is 34.5 Å². The molecule has 3 unspecified atom stereocenters. The Kier molecular flexibility index (Phi) is 7.93. The number of benzene rings is 3. The van der Waals surface area contributed by atoms with Crippen molar-refractivity contribution in [2.75, 3.05) is 20.3 Å². The van der Waals surface area contributed by atoms with E-state index in [0.717, 1.165) is 5.56 Å². The molecule has 0 aliphatic carbocycles. The van der Waals surface area contributed by atoms with Gasteiger partial charge < -0.3 is 48.5 Å². The number of phenolic OH excluding ortho intramolecular Hbond substituents is 2. The van der Waals surface area contributed by atoms with Gasteiger partial charge in [-0.1, -0.05) is 6.07 Å². The van der Waals surface area contributed by atoms with E-state index in [1.807, 2.05) is 0 Å². The average Bonchev–Trinajstić information content (AvgIpc) is 2.94. The summed E-state index contributed by atoms with van der Waals surface area (Å²) in [5.74, 6) is 1.17. The maximum Gasteiger partial charge on any atom is 0.225 e. The molecular formula is C30H30O11. The summed E-state index contributed by atoms with van der Waals surface area (Å²) in [6.07, 6.45) is -3.61. The molecule has 0 saturated heterocycles. The lowest BCUT2D eigenvalue weighted by molar-refractivity contribution is -0.152. The van der Waals surface area contributed by atoms with E-state index >= 15 is 0 Å². The van der Waals surface area contributed by atoms with Crippen LogP contribution in [-0.2, 0) is 4.74 Å². The number of fused-ring (bicyclic) bond motifs is 2. The van der Waals surface area contributed by atoms with Gasteiger partial charge in [-0.25, -0.2) is 0 Å². The smallest absolute Gasteiger partial charge is 0.225 e. The first-order valence-electron chi connectivity index (χ1n) is 12.9. The van der Waals surface area contributed by atoms with Gasteiger partial charge in [-0.15, -0.1) is 0 Å². The van der Waals surface area contributed by atoms with Crippen molar-refractivity contribution in [1.82, 2.24) is 0 Å². The summed E-state index contributed by atoms with van der Waals surface area (Å²) < 4.78 is 34.4. The van der Waals surface area contributed by atoms with E-state index in [9.17, 15) is 25.2 Å². The molecule has 0 bridgehead atoms. The molecule has 1 aliphatic heterocycles. The lowest BCUT2D eigenvalue weighted by Gasteiger charge is -2.27. The van der Waals surface area contributed by atoms with Crippen molar-refractivity contribution in [3.8, 4) is 45.8 Å². The Bertz CT molecular complexity index is 1610. The molecule has 1 aromatic heterocycles. The van der Waals surface area contributed by atoms with E-state index in [0.29, 0.717) is 22.8 Å². The summed E-state index contributed by atoms with van der Waals surface area (Å²) in [5.41, 5.74) is 0.846. The van der Waals surface area contributed by atoms with E-state index in [-0.39, 0.29) is 47.2 Å². The van der Waals surface area contributed by atoms with Crippen LogP contribution in [0.4, 0.5) is 0 Å². The zero-order valence-electron chi connectivity index (χ0n) is 22.6. The van der Waals surface area contributed by atoms with Gasteiger partial charge in [0.1, 0.15) is 40.9 Å². The quantitative estimate of drug-likeness (QED) is 0.218. The van der Waals surface area contributed by atoms with Crippen LogP contribution in [0, 0.1) is 0 Å². The molecule has 0 amide bonds. The highest BCUT2D eigenvalue weighted by Crippen LogP contribution is 2.41. The van der Waals surface area contributed by atoms with Gasteiger partial charge in [-0.2, -0.15) is 0 Å². The fraction of sp³-hybridized carbons (Fsp3) is 0.300. The molecule has 0 fully saturated rings. The minimum absolute atomic E-state index is 0.00951. The molecule has 41 heavy (non-hydrogen) atoms. The van der Waals surface area contributed by atoms with Crippen LogP contribution >= 0.6 is 0 Å². The Morgan fingerprint density at radius 2 is 1.78 bits per heavy atom. The third-order valence-electron chi connectivity index (χ3n) is 6.38. The van der Waals surface area contributed by atoms with Gasteiger partial charge >= 0.3 is 0 Å². The zero-order chi connectivity index (χ0) is 29.3. The number of ether oxygens (including phenoxy) is 5. The lowest BCUT2D eigenvalue weighted by atomic mass is 10.1. The normalized spacial score (nSPS) is 16.7. The van der Waals surface area contributed by atoms with E-state index < -0.39 is 30.0 Å². The second-order valence-electron chi connectivity index (χ2n) is 9.71. The highest BCUT2D eigenvalue weighted by atomic mass is 16.7. The van der Waals surface area contributed by atoms with Crippen LogP contribution in [0.25, 0.3) is 22.3 Å². The molecule has 216 valence electrons. The first-order chi connectivity index (χ1) is 19.6. The second kappa shape index (κ2) is 11.6. The zero-order valence-corrected chi connectivity index (χ0v) is 22.6. The van der Waals surface area contributed by atoms with Crippen LogP contribution in [0.3, 0.4) is 0 Å². The Morgan fingerprint density at radius 1 is 0.976 bits per heavy atom. The Hall–Kier alpha value is -4.45. The number of rotatable bonds is 9. The lowest BCUT2D eigenvalue weighted by Crippen LogP contribution is -2.34. The van der Waals surface area contributed by atoms with Crippen molar-refractivity contribution in [3.05, 3.63) is 70.4 Å². The molecule has 2 heterocycles. The fourth-order valence-electron chi connectivity index (χ4n) is 4.39. The van der Waals surface area contributed by atoms with E-state index in [1.165, 1.54) is 45.2 Å². The number of hydrogen-bond donors (Lipinski definition) is 4. The summed E-state index contributed by atoms with van der Waals surface area (Å²) >= 11 is 0. The maximum atomic E-state index is 13.3.